The number of rotatable bonds is 12. The summed E-state index contributed by atoms with van der Waals surface area (Å²) in [6.45, 7) is 6.32. The molecule has 16 heteroatoms. The van der Waals surface area contributed by atoms with Gasteiger partial charge in [-0.1, -0.05) is 6.08 Å². The third-order valence-corrected chi connectivity index (χ3v) is 6.25. The normalized spacial score (nSPS) is 27.0. The number of hydrogen-bond donors (Lipinski definition) is 1. The molecule has 0 aliphatic carbocycles. The molecule has 0 saturated carbocycles. The molecule has 0 aromatic heterocycles. The summed E-state index contributed by atoms with van der Waals surface area (Å²) in [6.07, 6.45) is -6.95. The number of carbonyl (C=O) groups excluding carboxylic acids is 6. The number of esters is 5. The molecule has 46 heavy (non-hydrogen) atoms. The van der Waals surface area contributed by atoms with E-state index in [1.54, 1.807) is 30.3 Å². The highest BCUT2D eigenvalue weighted by Crippen LogP contribution is 2.32. The maximum Gasteiger partial charge on any atom is 0.303 e. The van der Waals surface area contributed by atoms with Crippen molar-refractivity contribution in [2.45, 2.75) is 90.7 Å². The Hall–Kier alpha value is -4.54. The summed E-state index contributed by atoms with van der Waals surface area (Å²) in [7, 11) is 0. The Balaban J connectivity index is 1.90. The van der Waals surface area contributed by atoms with Crippen molar-refractivity contribution in [3.63, 3.8) is 0 Å². The van der Waals surface area contributed by atoms with Crippen molar-refractivity contribution < 1.29 is 71.4 Å². The van der Waals surface area contributed by atoms with Gasteiger partial charge < -0.3 is 47.9 Å². The molecule has 1 fully saturated rings. The fourth-order valence-electron chi connectivity index (χ4n) is 4.56. The first-order valence-corrected chi connectivity index (χ1v) is 14.2. The largest absolute Gasteiger partial charge is 0.463 e. The van der Waals surface area contributed by atoms with E-state index in [4.69, 9.17) is 42.6 Å². The molecule has 252 valence electrons. The second-order valence-electron chi connectivity index (χ2n) is 10.2. The van der Waals surface area contributed by atoms with Gasteiger partial charge in [-0.3, -0.25) is 28.8 Å². The van der Waals surface area contributed by atoms with Gasteiger partial charge in [-0.05, 0) is 30.3 Å². The fraction of sp³-hybridized carbons (Fsp3) is 0.533. The van der Waals surface area contributed by atoms with Crippen LogP contribution in [0.5, 0.6) is 5.75 Å². The molecule has 2 aliphatic rings. The van der Waals surface area contributed by atoms with Gasteiger partial charge >= 0.3 is 29.8 Å². The Morgan fingerprint density at radius 2 is 1.20 bits per heavy atom. The average molecular weight is 652 g/mol. The van der Waals surface area contributed by atoms with Crippen molar-refractivity contribution in [2.75, 3.05) is 18.5 Å². The molecule has 1 aromatic carbocycles. The Kier molecular flexibility index (Phi) is 13.0. The number of ether oxygens (including phenoxy) is 9. The van der Waals surface area contributed by atoms with Crippen LogP contribution in [0.4, 0.5) is 5.69 Å². The van der Waals surface area contributed by atoms with E-state index in [-0.39, 0.29) is 12.5 Å². The van der Waals surface area contributed by atoms with E-state index in [0.717, 1.165) is 27.7 Å². The third kappa shape index (κ3) is 11.1. The Bertz CT molecular complexity index is 1300. The molecular formula is C30H37NO15. The van der Waals surface area contributed by atoms with Crippen molar-refractivity contribution >= 4 is 41.4 Å². The molecule has 16 nitrogen and oxygen atoms in total. The Morgan fingerprint density at radius 1 is 0.652 bits per heavy atom. The number of benzene rings is 1. The number of hydrogen-bond acceptors (Lipinski definition) is 15. The quantitative estimate of drug-likeness (QED) is 0.193. The highest BCUT2D eigenvalue weighted by Gasteiger charge is 2.53. The van der Waals surface area contributed by atoms with Gasteiger partial charge in [0.05, 0.1) is 0 Å². The van der Waals surface area contributed by atoms with Crippen LogP contribution in [0, 0.1) is 0 Å². The van der Waals surface area contributed by atoms with E-state index in [2.05, 4.69) is 5.32 Å². The minimum atomic E-state index is -1.50. The maximum absolute atomic E-state index is 12.2. The standard InChI is InChI=1S/C30H37NO15/c1-15(32)31-21-7-9-22(10-8-21)43-26-12-11-23(24(44-26)13-38-16(2)33)45-30-29(42-20(6)37)28(41-19(5)36)27(40-18(4)35)25(46-30)14-39-17(3)34/h7-12,23-30H,13-14H2,1-6H3,(H,31,32)/t23-,24+,25+,26-,27-,28-,29+,30+/m0/s1. The van der Waals surface area contributed by atoms with E-state index in [1.807, 2.05) is 0 Å². The molecule has 1 N–H and O–H groups in total. The molecule has 3 rings (SSSR count). The van der Waals surface area contributed by atoms with Gasteiger partial charge in [0, 0.05) is 47.2 Å². The first-order chi connectivity index (χ1) is 21.7. The summed E-state index contributed by atoms with van der Waals surface area (Å²) < 4.78 is 50.6. The third-order valence-electron chi connectivity index (χ3n) is 6.25. The second-order valence-corrected chi connectivity index (χ2v) is 10.2. The van der Waals surface area contributed by atoms with Crippen molar-refractivity contribution in [1.29, 1.82) is 0 Å². The van der Waals surface area contributed by atoms with Crippen LogP contribution >= 0.6 is 0 Å². The number of nitrogens with one attached hydrogen (secondary N) is 1. The van der Waals surface area contributed by atoms with Crippen LogP contribution in [0.3, 0.4) is 0 Å². The van der Waals surface area contributed by atoms with Crippen molar-refractivity contribution in [3.8, 4) is 5.75 Å². The van der Waals surface area contributed by atoms with Gasteiger partial charge in [0.15, 0.2) is 24.6 Å². The SMILES string of the molecule is CC(=O)Nc1ccc(O[C@@H]2C=C[C@H](O[C@@H]3O[C@H](COC(C)=O)[C@H](OC(C)=O)[C@H](OC(C)=O)[C@H]3OC(C)=O)[C@@H](COC(C)=O)O2)cc1. The molecule has 1 saturated heterocycles. The fourth-order valence-corrected chi connectivity index (χ4v) is 4.56. The highest BCUT2D eigenvalue weighted by molar-refractivity contribution is 5.88. The van der Waals surface area contributed by atoms with E-state index in [1.165, 1.54) is 19.9 Å². The summed E-state index contributed by atoms with van der Waals surface area (Å²) in [4.78, 5) is 70.8. The second kappa shape index (κ2) is 16.7. The lowest BCUT2D eigenvalue weighted by Crippen LogP contribution is -2.63. The number of carbonyl (C=O) groups is 6. The van der Waals surface area contributed by atoms with E-state index < -0.39 is 85.7 Å². The van der Waals surface area contributed by atoms with Gasteiger partial charge in [0.25, 0.3) is 0 Å². The Labute approximate surface area is 264 Å². The minimum Gasteiger partial charge on any atom is -0.463 e. The molecule has 1 amide bonds. The average Bonchev–Trinajstić information content (AvgIpc) is 2.95. The topological polar surface area (TPSA) is 198 Å². The summed E-state index contributed by atoms with van der Waals surface area (Å²) in [5, 5.41) is 2.65. The Morgan fingerprint density at radius 3 is 1.74 bits per heavy atom. The van der Waals surface area contributed by atoms with Gasteiger partial charge in [-0.25, -0.2) is 0 Å². The van der Waals surface area contributed by atoms with Crippen molar-refractivity contribution in [3.05, 3.63) is 36.4 Å². The predicted octanol–water partition coefficient (Wildman–Crippen LogP) is 1.34. The lowest BCUT2D eigenvalue weighted by molar-refractivity contribution is -0.322. The number of anilines is 1. The van der Waals surface area contributed by atoms with Crippen LogP contribution < -0.4 is 10.1 Å². The highest BCUT2D eigenvalue weighted by atomic mass is 16.8. The molecule has 0 radical (unpaired) electrons. The monoisotopic (exact) mass is 651 g/mol. The first kappa shape index (κ1) is 35.9. The zero-order chi connectivity index (χ0) is 34.0. The summed E-state index contributed by atoms with van der Waals surface area (Å²) in [6, 6.07) is 6.50. The van der Waals surface area contributed by atoms with Crippen LogP contribution in [0.15, 0.2) is 36.4 Å². The molecule has 2 aliphatic heterocycles. The van der Waals surface area contributed by atoms with Gasteiger partial charge in [0.2, 0.25) is 12.2 Å². The van der Waals surface area contributed by atoms with E-state index in [0.29, 0.717) is 11.4 Å². The molecule has 0 spiro atoms. The van der Waals surface area contributed by atoms with Crippen LogP contribution in [-0.2, 0) is 66.7 Å². The molecule has 2 heterocycles. The zero-order valence-corrected chi connectivity index (χ0v) is 26.1. The maximum atomic E-state index is 12.2. The van der Waals surface area contributed by atoms with E-state index in [9.17, 15) is 28.8 Å². The summed E-state index contributed by atoms with van der Waals surface area (Å²) in [5.41, 5.74) is 0.561. The van der Waals surface area contributed by atoms with Crippen LogP contribution in [-0.4, -0.2) is 98.2 Å². The minimum absolute atomic E-state index is 0.233. The smallest absolute Gasteiger partial charge is 0.303 e. The number of amides is 1. The van der Waals surface area contributed by atoms with E-state index >= 15 is 0 Å². The summed E-state index contributed by atoms with van der Waals surface area (Å²) >= 11 is 0. The van der Waals surface area contributed by atoms with Crippen LogP contribution in [0.1, 0.15) is 41.5 Å². The zero-order valence-electron chi connectivity index (χ0n) is 26.1. The molecule has 0 unspecified atom stereocenters. The van der Waals surface area contributed by atoms with Gasteiger partial charge in [-0.2, -0.15) is 0 Å². The van der Waals surface area contributed by atoms with Crippen molar-refractivity contribution in [2.24, 2.45) is 0 Å². The molecule has 1 aromatic rings. The lowest BCUT2D eigenvalue weighted by Gasteiger charge is -2.45. The van der Waals surface area contributed by atoms with Crippen LogP contribution in [0.2, 0.25) is 0 Å². The van der Waals surface area contributed by atoms with Gasteiger partial charge in [0.1, 0.15) is 37.3 Å². The lowest BCUT2D eigenvalue weighted by atomic mass is 9.97. The molecule has 0 bridgehead atoms. The summed E-state index contributed by atoms with van der Waals surface area (Å²) in [5.74, 6) is -3.49. The molecular weight excluding hydrogens is 614 g/mol. The predicted molar refractivity (Wildman–Crippen MR) is 153 cm³/mol. The van der Waals surface area contributed by atoms with Crippen LogP contribution in [0.25, 0.3) is 0 Å². The van der Waals surface area contributed by atoms with Gasteiger partial charge in [-0.15, -0.1) is 0 Å². The first-order valence-electron chi connectivity index (χ1n) is 14.2. The van der Waals surface area contributed by atoms with Crippen molar-refractivity contribution in [1.82, 2.24) is 0 Å². The molecule has 8 atom stereocenters.